The monoisotopic (exact) mass is 279 g/mol. The summed E-state index contributed by atoms with van der Waals surface area (Å²) in [6, 6.07) is 4.44. The predicted molar refractivity (Wildman–Crippen MR) is 67.9 cm³/mol. The summed E-state index contributed by atoms with van der Waals surface area (Å²) in [5.41, 5.74) is -1.74. The molecule has 1 aliphatic heterocycles. The van der Waals surface area contributed by atoms with E-state index in [1.807, 2.05) is 0 Å². The predicted octanol–water partition coefficient (Wildman–Crippen LogP) is 0.0601. The average Bonchev–Trinajstić information content (AvgIpc) is 2.63. The molecule has 2 rings (SSSR count). The summed E-state index contributed by atoms with van der Waals surface area (Å²) >= 11 is 0. The Hall–Kier alpha value is -2.41. The number of benzene rings is 1. The van der Waals surface area contributed by atoms with Crippen LogP contribution in [0.2, 0.25) is 0 Å². The van der Waals surface area contributed by atoms with E-state index in [1.165, 1.54) is 19.2 Å². The Labute approximate surface area is 114 Å². The van der Waals surface area contributed by atoms with Gasteiger partial charge in [0.15, 0.2) is 5.60 Å². The van der Waals surface area contributed by atoms with Crippen molar-refractivity contribution < 1.29 is 29.3 Å². The molecule has 0 aromatic heterocycles. The number of nitrogens with zero attached hydrogens (tertiary/aromatic N) is 1. The number of fused-ring (bicyclic) bond motifs is 1. The second-order valence-corrected chi connectivity index (χ2v) is 4.68. The number of hydrogen-bond donors (Lipinski definition) is 2. The lowest BCUT2D eigenvalue weighted by Gasteiger charge is -2.25. The molecule has 7 heteroatoms. The number of β-amino-alcohol motifs (C(OH)–C–C–N with tert-alkyl or cyclic N) is 1. The minimum absolute atomic E-state index is 0.135. The largest absolute Gasteiger partial charge is 0.497 e. The lowest BCUT2D eigenvalue weighted by atomic mass is 10.1. The molecule has 1 aromatic rings. The van der Waals surface area contributed by atoms with E-state index >= 15 is 0 Å². The van der Waals surface area contributed by atoms with Gasteiger partial charge in [0.1, 0.15) is 5.75 Å². The number of carboxylic acid groups (broad SMARTS) is 1. The number of carbonyl (C=O) groups is 3. The molecular weight excluding hydrogens is 266 g/mol. The van der Waals surface area contributed by atoms with E-state index in [4.69, 9.17) is 9.84 Å². The highest BCUT2D eigenvalue weighted by molar-refractivity contribution is 6.52. The first-order valence-corrected chi connectivity index (χ1v) is 5.78. The maximum Gasteiger partial charge on any atom is 0.337 e. The molecular formula is C13H13NO6. The van der Waals surface area contributed by atoms with Gasteiger partial charge in [-0.1, -0.05) is 0 Å². The van der Waals surface area contributed by atoms with Crippen molar-refractivity contribution in [2.75, 3.05) is 18.6 Å². The van der Waals surface area contributed by atoms with Gasteiger partial charge >= 0.3 is 5.97 Å². The maximum atomic E-state index is 11.9. The molecule has 0 fully saturated rings. The second kappa shape index (κ2) is 4.61. The van der Waals surface area contributed by atoms with Gasteiger partial charge < -0.3 is 19.8 Å². The van der Waals surface area contributed by atoms with Gasteiger partial charge in [-0.05, 0) is 25.1 Å². The van der Waals surface area contributed by atoms with Crippen LogP contribution in [0.15, 0.2) is 18.2 Å². The van der Waals surface area contributed by atoms with E-state index in [-0.39, 0.29) is 11.3 Å². The number of ketones is 1. The van der Waals surface area contributed by atoms with Crippen LogP contribution in [0.5, 0.6) is 5.75 Å². The Morgan fingerprint density at radius 1 is 1.40 bits per heavy atom. The van der Waals surface area contributed by atoms with Crippen molar-refractivity contribution in [3.05, 3.63) is 23.8 Å². The standard InChI is InChI=1S/C13H13NO6/c1-13(19,12(17)18)6-14-9-4-3-7(20-2)5-8(9)10(15)11(14)16/h3-5,19H,6H2,1-2H3,(H,17,18). The van der Waals surface area contributed by atoms with E-state index in [1.54, 1.807) is 6.07 Å². The number of carbonyl (C=O) groups excluding carboxylic acids is 2. The van der Waals surface area contributed by atoms with Crippen molar-refractivity contribution in [1.82, 2.24) is 0 Å². The van der Waals surface area contributed by atoms with Gasteiger partial charge in [-0.15, -0.1) is 0 Å². The first-order chi connectivity index (χ1) is 9.27. The smallest absolute Gasteiger partial charge is 0.337 e. The zero-order chi connectivity index (χ0) is 15.1. The number of aliphatic carboxylic acids is 1. The molecule has 1 aliphatic rings. The summed E-state index contributed by atoms with van der Waals surface area (Å²) < 4.78 is 4.97. The highest BCUT2D eigenvalue weighted by atomic mass is 16.5. The van der Waals surface area contributed by atoms with E-state index in [0.29, 0.717) is 5.75 Å². The number of carboxylic acids is 1. The maximum absolute atomic E-state index is 11.9. The summed E-state index contributed by atoms with van der Waals surface area (Å²) in [5, 5.41) is 18.6. The van der Waals surface area contributed by atoms with Gasteiger partial charge in [-0.2, -0.15) is 0 Å². The molecule has 0 saturated heterocycles. The molecule has 0 bridgehead atoms. The molecule has 0 saturated carbocycles. The van der Waals surface area contributed by atoms with Crippen molar-refractivity contribution in [2.45, 2.75) is 12.5 Å². The third-order valence-corrected chi connectivity index (χ3v) is 3.11. The van der Waals surface area contributed by atoms with Crippen LogP contribution in [-0.2, 0) is 9.59 Å². The van der Waals surface area contributed by atoms with Crippen LogP contribution in [0.25, 0.3) is 0 Å². The number of anilines is 1. The summed E-state index contributed by atoms with van der Waals surface area (Å²) in [6.07, 6.45) is 0. The van der Waals surface area contributed by atoms with E-state index < -0.39 is 29.8 Å². The number of amides is 1. The quantitative estimate of drug-likeness (QED) is 0.755. The first-order valence-electron chi connectivity index (χ1n) is 5.78. The Morgan fingerprint density at radius 3 is 2.60 bits per heavy atom. The highest BCUT2D eigenvalue weighted by Gasteiger charge is 2.42. The Balaban J connectivity index is 2.41. The zero-order valence-electron chi connectivity index (χ0n) is 10.9. The molecule has 0 spiro atoms. The SMILES string of the molecule is COc1ccc2c(c1)C(=O)C(=O)N2CC(C)(O)C(=O)O. The third-order valence-electron chi connectivity index (χ3n) is 3.11. The fraction of sp³-hybridized carbons (Fsp3) is 0.308. The van der Waals surface area contributed by atoms with Crippen LogP contribution in [-0.4, -0.2) is 47.1 Å². The molecule has 1 aromatic carbocycles. The topological polar surface area (TPSA) is 104 Å². The van der Waals surface area contributed by atoms with Crippen molar-refractivity contribution in [3.63, 3.8) is 0 Å². The summed E-state index contributed by atoms with van der Waals surface area (Å²) in [6.45, 7) is 0.556. The molecule has 1 heterocycles. The lowest BCUT2D eigenvalue weighted by molar-refractivity contribution is -0.155. The fourth-order valence-corrected chi connectivity index (χ4v) is 1.94. The molecule has 106 valence electrons. The molecule has 1 amide bonds. The third kappa shape index (κ3) is 2.12. The number of ether oxygens (including phenoxy) is 1. The lowest BCUT2D eigenvalue weighted by Crippen LogP contribution is -2.48. The number of hydrogen-bond acceptors (Lipinski definition) is 5. The number of Topliss-reactive ketones (excluding diaryl/α,β-unsaturated/α-hetero) is 1. The highest BCUT2D eigenvalue weighted by Crippen LogP contribution is 2.32. The molecule has 1 unspecified atom stereocenters. The average molecular weight is 279 g/mol. The summed E-state index contributed by atoms with van der Waals surface area (Å²) in [5.74, 6) is -2.67. The van der Waals surface area contributed by atoms with Crippen LogP contribution < -0.4 is 9.64 Å². The minimum atomic E-state index is -2.14. The van der Waals surface area contributed by atoms with Gasteiger partial charge in [0.25, 0.3) is 11.7 Å². The summed E-state index contributed by atoms with van der Waals surface area (Å²) in [4.78, 5) is 35.6. The molecule has 0 aliphatic carbocycles. The van der Waals surface area contributed by atoms with Gasteiger partial charge in [0.05, 0.1) is 24.9 Å². The molecule has 2 N–H and O–H groups in total. The number of methoxy groups -OCH3 is 1. The Bertz CT molecular complexity index is 607. The van der Waals surface area contributed by atoms with Crippen LogP contribution in [0, 0.1) is 0 Å². The van der Waals surface area contributed by atoms with Gasteiger partial charge in [0.2, 0.25) is 0 Å². The van der Waals surface area contributed by atoms with E-state index in [9.17, 15) is 19.5 Å². The minimum Gasteiger partial charge on any atom is -0.497 e. The van der Waals surface area contributed by atoms with Crippen molar-refractivity contribution in [1.29, 1.82) is 0 Å². The van der Waals surface area contributed by atoms with Gasteiger partial charge in [-0.3, -0.25) is 9.59 Å². The zero-order valence-corrected chi connectivity index (χ0v) is 10.9. The Kier molecular flexibility index (Phi) is 3.23. The van der Waals surface area contributed by atoms with Crippen molar-refractivity contribution >= 4 is 23.3 Å². The molecule has 1 atom stereocenters. The van der Waals surface area contributed by atoms with Gasteiger partial charge in [0, 0.05) is 0 Å². The van der Waals surface area contributed by atoms with Crippen LogP contribution in [0.4, 0.5) is 5.69 Å². The first kappa shape index (κ1) is 14.0. The van der Waals surface area contributed by atoms with Gasteiger partial charge in [-0.25, -0.2) is 4.79 Å². The fourth-order valence-electron chi connectivity index (χ4n) is 1.94. The Morgan fingerprint density at radius 2 is 2.05 bits per heavy atom. The molecule has 7 nitrogen and oxygen atoms in total. The van der Waals surface area contributed by atoms with E-state index in [0.717, 1.165) is 11.8 Å². The van der Waals surface area contributed by atoms with Crippen molar-refractivity contribution in [2.24, 2.45) is 0 Å². The van der Waals surface area contributed by atoms with Crippen LogP contribution in [0.3, 0.4) is 0 Å². The summed E-state index contributed by atoms with van der Waals surface area (Å²) in [7, 11) is 1.43. The van der Waals surface area contributed by atoms with Crippen LogP contribution in [0.1, 0.15) is 17.3 Å². The molecule has 20 heavy (non-hydrogen) atoms. The van der Waals surface area contributed by atoms with E-state index in [2.05, 4.69) is 0 Å². The molecule has 0 radical (unpaired) electrons. The normalized spacial score (nSPS) is 16.9. The van der Waals surface area contributed by atoms with Crippen molar-refractivity contribution in [3.8, 4) is 5.75 Å². The van der Waals surface area contributed by atoms with Crippen LogP contribution >= 0.6 is 0 Å². The number of rotatable bonds is 4. The number of aliphatic hydroxyl groups is 1. The second-order valence-electron chi connectivity index (χ2n) is 4.68.